The van der Waals surface area contributed by atoms with Crippen LogP contribution >= 0.6 is 15.9 Å². The van der Waals surface area contributed by atoms with Crippen molar-refractivity contribution in [3.05, 3.63) is 22.7 Å². The molecule has 1 aliphatic rings. The van der Waals surface area contributed by atoms with E-state index in [9.17, 15) is 4.79 Å². The molecule has 1 aromatic heterocycles. The maximum absolute atomic E-state index is 12.0. The highest BCUT2D eigenvalue weighted by molar-refractivity contribution is 9.09. The van der Waals surface area contributed by atoms with Crippen molar-refractivity contribution in [2.75, 3.05) is 18.5 Å². The van der Waals surface area contributed by atoms with Crippen LogP contribution in [0.25, 0.3) is 0 Å². The van der Waals surface area contributed by atoms with Gasteiger partial charge in [-0.15, -0.1) is 0 Å². The average Bonchev–Trinajstić information content (AvgIpc) is 2.27. The molecule has 1 fully saturated rings. The Morgan fingerprint density at radius 3 is 2.88 bits per heavy atom. The molecular formula is C12H18BrN3O. The molecule has 5 heteroatoms. The van der Waals surface area contributed by atoms with Crippen molar-refractivity contribution in [1.29, 1.82) is 0 Å². The molecule has 0 aromatic carbocycles. The molecule has 0 atom stereocenters. The Morgan fingerprint density at radius 2 is 2.29 bits per heavy atom. The Labute approximate surface area is 110 Å². The molecule has 1 heterocycles. The van der Waals surface area contributed by atoms with Crippen LogP contribution in [-0.4, -0.2) is 28.0 Å². The van der Waals surface area contributed by atoms with Crippen molar-refractivity contribution in [2.24, 2.45) is 5.92 Å². The first-order valence-electron chi connectivity index (χ1n) is 6.02. The van der Waals surface area contributed by atoms with Crippen molar-refractivity contribution >= 4 is 21.7 Å². The number of hydrogen-bond donors (Lipinski definition) is 0. The molecule has 1 saturated carbocycles. The first-order valence-corrected chi connectivity index (χ1v) is 6.94. The first-order chi connectivity index (χ1) is 8.11. The van der Waals surface area contributed by atoms with Crippen LogP contribution < -0.4 is 10.5 Å². The predicted octanol–water partition coefficient (Wildman–Crippen LogP) is 1.87. The highest BCUT2D eigenvalue weighted by Crippen LogP contribution is 2.33. The van der Waals surface area contributed by atoms with Crippen LogP contribution in [0.4, 0.5) is 5.82 Å². The molecule has 0 N–H and O–H groups in total. The van der Waals surface area contributed by atoms with Gasteiger partial charge in [0.15, 0.2) is 5.82 Å². The third kappa shape index (κ3) is 2.70. The first kappa shape index (κ1) is 12.6. The summed E-state index contributed by atoms with van der Waals surface area (Å²) in [4.78, 5) is 18.9. The van der Waals surface area contributed by atoms with E-state index in [-0.39, 0.29) is 5.56 Å². The zero-order valence-corrected chi connectivity index (χ0v) is 11.9. The van der Waals surface area contributed by atoms with Gasteiger partial charge in [-0.25, -0.2) is 4.98 Å². The molecule has 0 bridgehead atoms. The van der Waals surface area contributed by atoms with E-state index in [1.165, 1.54) is 12.8 Å². The summed E-state index contributed by atoms with van der Waals surface area (Å²) in [5.41, 5.74) is 0.00668. The van der Waals surface area contributed by atoms with Crippen molar-refractivity contribution in [2.45, 2.75) is 31.1 Å². The molecule has 0 unspecified atom stereocenters. The van der Waals surface area contributed by atoms with Crippen LogP contribution in [0.2, 0.25) is 0 Å². The van der Waals surface area contributed by atoms with Gasteiger partial charge in [0, 0.05) is 37.4 Å². The lowest BCUT2D eigenvalue weighted by atomic mass is 9.85. The smallest absolute Gasteiger partial charge is 0.293 e. The maximum atomic E-state index is 12.0. The summed E-state index contributed by atoms with van der Waals surface area (Å²) in [6.45, 7) is 3.57. The number of rotatable bonds is 4. The lowest BCUT2D eigenvalue weighted by Gasteiger charge is -2.34. The van der Waals surface area contributed by atoms with E-state index in [0.717, 1.165) is 6.54 Å². The number of nitrogens with zero attached hydrogens (tertiary/aromatic N) is 3. The zero-order chi connectivity index (χ0) is 12.4. The van der Waals surface area contributed by atoms with Gasteiger partial charge in [0.1, 0.15) is 0 Å². The van der Waals surface area contributed by atoms with Gasteiger partial charge >= 0.3 is 0 Å². The number of aromatic nitrogens is 2. The van der Waals surface area contributed by atoms with Crippen molar-refractivity contribution < 1.29 is 0 Å². The third-order valence-electron chi connectivity index (χ3n) is 3.31. The Balaban J connectivity index is 2.08. The number of hydrogen-bond acceptors (Lipinski definition) is 3. The normalized spacial score (nSPS) is 23.2. The summed E-state index contributed by atoms with van der Waals surface area (Å²) >= 11 is 3.58. The monoisotopic (exact) mass is 299 g/mol. The van der Waals surface area contributed by atoms with E-state index in [1.807, 2.05) is 18.9 Å². The number of halogens is 1. The minimum absolute atomic E-state index is 0.00668. The Bertz CT molecular complexity index is 440. The lowest BCUT2D eigenvalue weighted by Crippen LogP contribution is -2.38. The van der Waals surface area contributed by atoms with Crippen molar-refractivity contribution in [3.63, 3.8) is 0 Å². The fraction of sp³-hybridized carbons (Fsp3) is 0.667. The summed E-state index contributed by atoms with van der Waals surface area (Å²) in [5, 5.41) is 0. The summed E-state index contributed by atoms with van der Waals surface area (Å²) < 4.78 is 1.69. The van der Waals surface area contributed by atoms with Gasteiger partial charge in [-0.3, -0.25) is 4.79 Å². The standard InChI is InChI=1S/C12H18BrN3O/c1-3-16-5-4-14-11(12(16)17)15(2)8-9-6-10(13)7-9/h4-5,9-10H,3,6-8H2,1-2H3. The molecule has 0 amide bonds. The number of anilines is 1. The van der Waals surface area contributed by atoms with Gasteiger partial charge in [-0.2, -0.15) is 0 Å². The second-order valence-corrected chi connectivity index (χ2v) is 5.95. The highest BCUT2D eigenvalue weighted by Gasteiger charge is 2.28. The molecule has 4 nitrogen and oxygen atoms in total. The molecule has 1 aromatic rings. The van der Waals surface area contributed by atoms with Gasteiger partial charge in [0.2, 0.25) is 0 Å². The van der Waals surface area contributed by atoms with E-state index in [1.54, 1.807) is 17.0 Å². The minimum Gasteiger partial charge on any atom is -0.355 e. The number of alkyl halides is 1. The quantitative estimate of drug-likeness (QED) is 0.797. The van der Waals surface area contributed by atoms with Gasteiger partial charge < -0.3 is 9.47 Å². The SMILES string of the molecule is CCn1ccnc(N(C)CC2CC(Br)C2)c1=O. The van der Waals surface area contributed by atoms with Crippen molar-refractivity contribution in [3.8, 4) is 0 Å². The van der Waals surface area contributed by atoms with E-state index in [2.05, 4.69) is 20.9 Å². The lowest BCUT2D eigenvalue weighted by molar-refractivity contribution is 0.338. The zero-order valence-electron chi connectivity index (χ0n) is 10.3. The number of aryl methyl sites for hydroxylation is 1. The highest BCUT2D eigenvalue weighted by atomic mass is 79.9. The summed E-state index contributed by atoms with van der Waals surface area (Å²) in [7, 11) is 1.95. The van der Waals surface area contributed by atoms with Gasteiger partial charge in [0.05, 0.1) is 0 Å². The van der Waals surface area contributed by atoms with Gasteiger partial charge in [0.25, 0.3) is 5.56 Å². The Kier molecular flexibility index (Phi) is 3.86. The van der Waals surface area contributed by atoms with Crippen LogP contribution in [0.3, 0.4) is 0 Å². The molecule has 0 saturated heterocycles. The van der Waals surface area contributed by atoms with Gasteiger partial charge in [-0.1, -0.05) is 15.9 Å². The fourth-order valence-corrected chi connectivity index (χ4v) is 3.28. The molecule has 2 rings (SSSR count). The van der Waals surface area contributed by atoms with Crippen LogP contribution in [0, 0.1) is 5.92 Å². The van der Waals surface area contributed by atoms with Crippen molar-refractivity contribution in [1.82, 2.24) is 9.55 Å². The van der Waals surface area contributed by atoms with Gasteiger partial charge in [-0.05, 0) is 25.7 Å². The van der Waals surface area contributed by atoms with E-state index in [0.29, 0.717) is 23.1 Å². The van der Waals surface area contributed by atoms with E-state index in [4.69, 9.17) is 0 Å². The summed E-state index contributed by atoms with van der Waals surface area (Å²) in [5.74, 6) is 1.24. The summed E-state index contributed by atoms with van der Waals surface area (Å²) in [6, 6.07) is 0. The Morgan fingerprint density at radius 1 is 1.59 bits per heavy atom. The molecule has 17 heavy (non-hydrogen) atoms. The topological polar surface area (TPSA) is 38.1 Å². The largest absolute Gasteiger partial charge is 0.355 e. The predicted molar refractivity (Wildman–Crippen MR) is 72.9 cm³/mol. The molecule has 0 spiro atoms. The Hall–Kier alpha value is -0.840. The second kappa shape index (κ2) is 5.21. The molecule has 1 aliphatic carbocycles. The summed E-state index contributed by atoms with van der Waals surface area (Å²) in [6.07, 6.45) is 5.82. The average molecular weight is 300 g/mol. The van der Waals surface area contributed by atoms with Crippen LogP contribution in [0.1, 0.15) is 19.8 Å². The minimum atomic E-state index is 0.00668. The maximum Gasteiger partial charge on any atom is 0.293 e. The molecule has 94 valence electrons. The molecule has 0 aliphatic heterocycles. The van der Waals surface area contributed by atoms with Crippen LogP contribution in [0.5, 0.6) is 0 Å². The molecule has 0 radical (unpaired) electrons. The third-order valence-corrected chi connectivity index (χ3v) is 4.06. The van der Waals surface area contributed by atoms with E-state index < -0.39 is 0 Å². The molecular weight excluding hydrogens is 282 g/mol. The second-order valence-electron chi connectivity index (χ2n) is 4.66. The fourth-order valence-electron chi connectivity index (χ4n) is 2.22. The van der Waals surface area contributed by atoms with Crippen LogP contribution in [-0.2, 0) is 6.54 Å². The van der Waals surface area contributed by atoms with Crippen LogP contribution in [0.15, 0.2) is 17.2 Å². The van der Waals surface area contributed by atoms with E-state index >= 15 is 0 Å².